The van der Waals surface area contributed by atoms with E-state index in [9.17, 15) is 8.78 Å². The zero-order valence-corrected chi connectivity index (χ0v) is 12.7. The molecule has 2 aromatic rings. The van der Waals surface area contributed by atoms with E-state index in [-0.39, 0.29) is 16.9 Å². The lowest BCUT2D eigenvalue weighted by molar-refractivity contribution is 0.538. The molecule has 106 valence electrons. The third-order valence-corrected chi connectivity index (χ3v) is 4.27. The topological polar surface area (TPSA) is 38.0 Å². The Hall–Kier alpha value is -1.01. The first kappa shape index (κ1) is 15.4. The standard InChI is InChI=1S/C14H12BrClF2N2/c15-13-9(4-2-5-10(13)17)12(20-19)7-8-3-1-6-11(18)14(8)16/h1-6,12,20H,7,19H2. The van der Waals surface area contributed by atoms with Gasteiger partial charge in [0, 0.05) is 0 Å². The van der Waals surface area contributed by atoms with E-state index in [0.29, 0.717) is 22.0 Å². The van der Waals surface area contributed by atoms with Gasteiger partial charge in [-0.05, 0) is 45.6 Å². The van der Waals surface area contributed by atoms with Crippen molar-refractivity contribution >= 4 is 27.5 Å². The van der Waals surface area contributed by atoms with Crippen molar-refractivity contribution in [1.29, 1.82) is 0 Å². The van der Waals surface area contributed by atoms with E-state index in [4.69, 9.17) is 17.4 Å². The molecule has 0 aliphatic carbocycles. The third-order valence-electron chi connectivity index (χ3n) is 3.01. The summed E-state index contributed by atoms with van der Waals surface area (Å²) >= 11 is 9.11. The van der Waals surface area contributed by atoms with Gasteiger partial charge in [0.15, 0.2) is 0 Å². The van der Waals surface area contributed by atoms with Gasteiger partial charge in [-0.15, -0.1) is 0 Å². The molecule has 1 atom stereocenters. The summed E-state index contributed by atoms with van der Waals surface area (Å²) in [6, 6.07) is 8.86. The Morgan fingerprint density at radius 3 is 2.50 bits per heavy atom. The summed E-state index contributed by atoms with van der Waals surface area (Å²) in [5.74, 6) is 4.66. The summed E-state index contributed by atoms with van der Waals surface area (Å²) in [7, 11) is 0. The van der Waals surface area contributed by atoms with Crippen molar-refractivity contribution in [3.63, 3.8) is 0 Å². The minimum Gasteiger partial charge on any atom is -0.271 e. The van der Waals surface area contributed by atoms with Crippen LogP contribution < -0.4 is 11.3 Å². The first-order valence-corrected chi connectivity index (χ1v) is 7.04. The quantitative estimate of drug-likeness (QED) is 0.635. The van der Waals surface area contributed by atoms with Gasteiger partial charge in [-0.25, -0.2) is 8.78 Å². The summed E-state index contributed by atoms with van der Waals surface area (Å²) < 4.78 is 27.3. The van der Waals surface area contributed by atoms with E-state index in [1.807, 2.05) is 0 Å². The summed E-state index contributed by atoms with van der Waals surface area (Å²) in [6.45, 7) is 0. The van der Waals surface area contributed by atoms with Crippen molar-refractivity contribution in [2.75, 3.05) is 0 Å². The second-order valence-electron chi connectivity index (χ2n) is 4.28. The number of hydrogen-bond acceptors (Lipinski definition) is 2. The lowest BCUT2D eigenvalue weighted by atomic mass is 9.99. The van der Waals surface area contributed by atoms with Crippen LogP contribution in [0, 0.1) is 11.6 Å². The first-order chi connectivity index (χ1) is 9.54. The average molecular weight is 362 g/mol. The molecule has 2 nitrogen and oxygen atoms in total. The van der Waals surface area contributed by atoms with Crippen LogP contribution in [0.1, 0.15) is 17.2 Å². The van der Waals surface area contributed by atoms with E-state index < -0.39 is 5.82 Å². The van der Waals surface area contributed by atoms with Crippen LogP contribution in [0.25, 0.3) is 0 Å². The highest BCUT2D eigenvalue weighted by Crippen LogP contribution is 2.30. The third kappa shape index (κ3) is 3.17. The first-order valence-electron chi connectivity index (χ1n) is 5.87. The summed E-state index contributed by atoms with van der Waals surface area (Å²) in [5, 5.41) is 0.0558. The van der Waals surface area contributed by atoms with Crippen molar-refractivity contribution in [3.8, 4) is 0 Å². The van der Waals surface area contributed by atoms with Gasteiger partial charge in [-0.2, -0.15) is 0 Å². The van der Waals surface area contributed by atoms with Crippen molar-refractivity contribution < 1.29 is 8.78 Å². The van der Waals surface area contributed by atoms with E-state index >= 15 is 0 Å². The fraction of sp³-hybridized carbons (Fsp3) is 0.143. The number of rotatable bonds is 4. The van der Waals surface area contributed by atoms with Crippen LogP contribution in [-0.4, -0.2) is 0 Å². The van der Waals surface area contributed by atoms with Crippen LogP contribution in [0.15, 0.2) is 40.9 Å². The van der Waals surface area contributed by atoms with Gasteiger partial charge in [0.25, 0.3) is 0 Å². The zero-order chi connectivity index (χ0) is 14.7. The second-order valence-corrected chi connectivity index (χ2v) is 5.45. The van der Waals surface area contributed by atoms with E-state index in [0.717, 1.165) is 0 Å². The van der Waals surface area contributed by atoms with Crippen LogP contribution in [0.2, 0.25) is 5.02 Å². The Labute approximate surface area is 129 Å². The van der Waals surface area contributed by atoms with Gasteiger partial charge >= 0.3 is 0 Å². The van der Waals surface area contributed by atoms with E-state index in [1.54, 1.807) is 24.3 Å². The van der Waals surface area contributed by atoms with Gasteiger partial charge in [-0.3, -0.25) is 11.3 Å². The summed E-state index contributed by atoms with van der Waals surface area (Å²) in [4.78, 5) is 0. The molecule has 20 heavy (non-hydrogen) atoms. The molecule has 0 saturated carbocycles. The summed E-state index contributed by atoms with van der Waals surface area (Å²) in [6.07, 6.45) is 0.342. The normalized spacial score (nSPS) is 12.4. The van der Waals surface area contributed by atoms with Gasteiger partial charge < -0.3 is 0 Å². The number of benzene rings is 2. The van der Waals surface area contributed by atoms with Gasteiger partial charge in [-0.1, -0.05) is 35.9 Å². The predicted octanol–water partition coefficient (Wildman–Crippen LogP) is 4.13. The number of hydrogen-bond donors (Lipinski definition) is 2. The molecule has 0 aliphatic heterocycles. The smallest absolute Gasteiger partial charge is 0.142 e. The molecule has 0 fully saturated rings. The van der Waals surface area contributed by atoms with Crippen molar-refractivity contribution in [2.24, 2.45) is 5.84 Å². The van der Waals surface area contributed by atoms with Crippen molar-refractivity contribution in [1.82, 2.24) is 5.43 Å². The highest BCUT2D eigenvalue weighted by atomic mass is 79.9. The van der Waals surface area contributed by atoms with Crippen LogP contribution >= 0.6 is 27.5 Å². The Balaban J connectivity index is 2.34. The Morgan fingerprint density at radius 2 is 1.80 bits per heavy atom. The van der Waals surface area contributed by atoms with E-state index in [2.05, 4.69) is 21.4 Å². The highest BCUT2D eigenvalue weighted by molar-refractivity contribution is 9.10. The number of nitrogens with one attached hydrogen (secondary N) is 1. The fourth-order valence-electron chi connectivity index (χ4n) is 1.97. The summed E-state index contributed by atoms with van der Waals surface area (Å²) in [5.41, 5.74) is 3.85. The minimum absolute atomic E-state index is 0.0558. The molecule has 0 bridgehead atoms. The molecule has 0 amide bonds. The van der Waals surface area contributed by atoms with Crippen LogP contribution in [0.4, 0.5) is 8.78 Å². The Kier molecular flexibility index (Phi) is 5.10. The molecule has 2 rings (SSSR count). The number of hydrazine groups is 1. The molecule has 0 saturated heterocycles. The maximum Gasteiger partial charge on any atom is 0.142 e. The molecule has 0 heterocycles. The molecule has 0 radical (unpaired) electrons. The molecule has 3 N–H and O–H groups in total. The molecule has 0 spiro atoms. The molecule has 6 heteroatoms. The maximum atomic E-state index is 13.6. The Bertz CT molecular complexity index is 622. The molecular formula is C14H12BrClF2N2. The largest absolute Gasteiger partial charge is 0.271 e. The van der Waals surface area contributed by atoms with Gasteiger partial charge in [0.05, 0.1) is 15.5 Å². The van der Waals surface area contributed by atoms with Crippen molar-refractivity contribution in [3.05, 3.63) is 68.7 Å². The molecule has 1 unspecified atom stereocenters. The predicted molar refractivity (Wildman–Crippen MR) is 79.3 cm³/mol. The van der Waals surface area contributed by atoms with Crippen LogP contribution in [0.3, 0.4) is 0 Å². The Morgan fingerprint density at radius 1 is 1.15 bits per heavy atom. The lowest BCUT2D eigenvalue weighted by Gasteiger charge is -2.19. The van der Waals surface area contributed by atoms with Crippen LogP contribution in [-0.2, 0) is 6.42 Å². The second kappa shape index (κ2) is 6.63. The minimum atomic E-state index is -0.488. The maximum absolute atomic E-state index is 13.6. The van der Waals surface area contributed by atoms with Crippen LogP contribution in [0.5, 0.6) is 0 Å². The number of halogens is 4. The molecule has 0 aliphatic rings. The highest BCUT2D eigenvalue weighted by Gasteiger charge is 2.18. The average Bonchev–Trinajstić information content (AvgIpc) is 2.44. The fourth-order valence-corrected chi connectivity index (χ4v) is 2.72. The SMILES string of the molecule is NNC(Cc1cccc(F)c1Cl)c1cccc(F)c1Br. The van der Waals surface area contributed by atoms with E-state index in [1.165, 1.54) is 12.1 Å². The van der Waals surface area contributed by atoms with Gasteiger partial charge in [0.1, 0.15) is 11.6 Å². The monoisotopic (exact) mass is 360 g/mol. The molecular weight excluding hydrogens is 350 g/mol. The number of nitrogens with two attached hydrogens (primary N) is 1. The van der Waals surface area contributed by atoms with Gasteiger partial charge in [0.2, 0.25) is 0 Å². The zero-order valence-electron chi connectivity index (χ0n) is 10.3. The van der Waals surface area contributed by atoms with Crippen molar-refractivity contribution in [2.45, 2.75) is 12.5 Å². The molecule has 0 aromatic heterocycles. The molecule has 2 aromatic carbocycles. The lowest BCUT2D eigenvalue weighted by Crippen LogP contribution is -2.30.